The lowest BCUT2D eigenvalue weighted by Gasteiger charge is -2.29. The Morgan fingerprint density at radius 2 is 1.90 bits per heavy atom. The van der Waals surface area contributed by atoms with Gasteiger partial charge < -0.3 is 29.4 Å². The molecule has 2 aromatic carbocycles. The maximum absolute atomic E-state index is 13.8. The van der Waals surface area contributed by atoms with Crippen LogP contribution in [0.2, 0.25) is 0 Å². The topological polar surface area (TPSA) is 112 Å². The molecule has 4 aliphatic rings. The number of aryl methyl sites for hydroxylation is 1. The fraction of sp³-hybridized carbons (Fsp3) is 0.421. The summed E-state index contributed by atoms with van der Waals surface area (Å²) in [7, 11) is 3.67. The molecule has 2 aliphatic carbocycles. The second kappa shape index (κ2) is 10.9. The SMILES string of the molecule is COc1cc(C(=O)N2CC3CCC2C3N)cc2nc(-c3cc4ccc(-c5cccc6c5CCN(C(C)=O)C6)nc4n3CC3CC3)n(C)c12. The highest BCUT2D eigenvalue weighted by molar-refractivity contribution is 6.00. The molecule has 10 nitrogen and oxygen atoms in total. The molecule has 5 aromatic rings. The first kappa shape index (κ1) is 29.4. The number of aromatic nitrogens is 4. The molecule has 48 heavy (non-hydrogen) atoms. The minimum atomic E-state index is 0.00160. The molecule has 0 spiro atoms. The van der Waals surface area contributed by atoms with Gasteiger partial charge in [-0.2, -0.15) is 0 Å². The Balaban J connectivity index is 1.13. The third-order valence-corrected chi connectivity index (χ3v) is 11.4. The number of nitrogens with zero attached hydrogens (tertiary/aromatic N) is 6. The van der Waals surface area contributed by atoms with Gasteiger partial charge in [0.2, 0.25) is 5.91 Å². The Bertz CT molecular complexity index is 2140. The smallest absolute Gasteiger partial charge is 0.254 e. The fourth-order valence-corrected chi connectivity index (χ4v) is 8.59. The summed E-state index contributed by atoms with van der Waals surface area (Å²) in [4.78, 5) is 40.2. The maximum atomic E-state index is 13.8. The van der Waals surface area contributed by atoms with Crippen molar-refractivity contribution in [3.63, 3.8) is 0 Å². The number of pyridine rings is 1. The first-order chi connectivity index (χ1) is 23.3. The molecule has 3 aromatic heterocycles. The van der Waals surface area contributed by atoms with Gasteiger partial charge in [0, 0.05) is 68.7 Å². The van der Waals surface area contributed by atoms with Crippen molar-refractivity contribution in [2.24, 2.45) is 24.6 Å². The van der Waals surface area contributed by atoms with Gasteiger partial charge in [0.1, 0.15) is 16.9 Å². The van der Waals surface area contributed by atoms with Gasteiger partial charge in [-0.05, 0) is 85.4 Å². The molecule has 2 saturated carbocycles. The summed E-state index contributed by atoms with van der Waals surface area (Å²) in [6.07, 6.45) is 5.30. The van der Waals surface area contributed by atoms with Crippen LogP contribution in [0.1, 0.15) is 54.1 Å². The number of nitrogens with two attached hydrogens (primary N) is 1. The summed E-state index contributed by atoms with van der Waals surface area (Å²) in [5, 5.41) is 1.07. The van der Waals surface area contributed by atoms with E-state index in [1.807, 2.05) is 29.0 Å². The number of benzene rings is 2. The average Bonchev–Trinajstić information content (AvgIpc) is 3.50. The Labute approximate surface area is 279 Å². The van der Waals surface area contributed by atoms with Crippen LogP contribution in [0.15, 0.2) is 48.5 Å². The van der Waals surface area contributed by atoms with E-state index in [2.05, 4.69) is 45.5 Å². The van der Waals surface area contributed by atoms with Gasteiger partial charge in [-0.25, -0.2) is 9.97 Å². The zero-order chi connectivity index (χ0) is 32.8. The fourth-order valence-electron chi connectivity index (χ4n) is 8.59. The van der Waals surface area contributed by atoms with Crippen LogP contribution in [0, 0.1) is 11.8 Å². The Morgan fingerprint density at radius 3 is 2.62 bits per heavy atom. The lowest BCUT2D eigenvalue weighted by atomic mass is 9.92. The van der Waals surface area contributed by atoms with Gasteiger partial charge in [-0.1, -0.05) is 18.2 Å². The number of ether oxygens (including phenoxy) is 1. The monoisotopic (exact) mass is 643 g/mol. The van der Waals surface area contributed by atoms with E-state index in [1.54, 1.807) is 14.0 Å². The standard InChI is InChI=1S/C38H41N7O3/c1-21(46)43-14-13-27-24(19-43)5-4-6-28(27)29-11-9-23-16-32(44(36(23)40-29)18-22-7-8-22)37-41-30-15-26(17-33(48-3)35(30)42(37)2)38(47)45-20-25-10-12-31(45)34(25)39/h4-6,9,11,15-17,22,25,31,34H,7-8,10,12-14,18-20,39H2,1-3H3. The summed E-state index contributed by atoms with van der Waals surface area (Å²) in [5.41, 5.74) is 15.1. The van der Waals surface area contributed by atoms with Crippen LogP contribution in [0.25, 0.3) is 44.8 Å². The molecule has 1 saturated heterocycles. The van der Waals surface area contributed by atoms with Crippen molar-refractivity contribution in [1.82, 2.24) is 28.9 Å². The number of amides is 2. The normalized spacial score (nSPS) is 21.8. The van der Waals surface area contributed by atoms with Gasteiger partial charge >= 0.3 is 0 Å². The predicted octanol–water partition coefficient (Wildman–Crippen LogP) is 5.14. The van der Waals surface area contributed by atoms with Crippen LogP contribution in [0.4, 0.5) is 0 Å². The lowest BCUT2D eigenvalue weighted by Crippen LogP contribution is -2.41. The zero-order valence-corrected chi connectivity index (χ0v) is 27.8. The van der Waals surface area contributed by atoms with Crippen LogP contribution >= 0.6 is 0 Å². The first-order valence-electron chi connectivity index (χ1n) is 17.3. The largest absolute Gasteiger partial charge is 0.494 e. The summed E-state index contributed by atoms with van der Waals surface area (Å²) in [6.45, 7) is 4.59. The van der Waals surface area contributed by atoms with Gasteiger partial charge in [0.05, 0.1) is 24.0 Å². The Kier molecular flexibility index (Phi) is 6.70. The summed E-state index contributed by atoms with van der Waals surface area (Å²) in [6, 6.07) is 16.8. The number of imidazole rings is 1. The molecule has 10 heteroatoms. The molecule has 0 radical (unpaired) electrons. The van der Waals surface area contributed by atoms with Crippen molar-refractivity contribution >= 4 is 33.9 Å². The molecule has 9 rings (SSSR count). The molecule has 5 heterocycles. The third-order valence-electron chi connectivity index (χ3n) is 11.4. The quantitative estimate of drug-likeness (QED) is 0.274. The number of carbonyl (C=O) groups excluding carboxylic acids is 2. The molecule has 3 fully saturated rings. The Hall–Kier alpha value is -4.70. The van der Waals surface area contributed by atoms with E-state index in [0.717, 1.165) is 83.7 Å². The zero-order valence-electron chi connectivity index (χ0n) is 27.8. The Morgan fingerprint density at radius 1 is 1.04 bits per heavy atom. The molecule has 3 unspecified atom stereocenters. The highest BCUT2D eigenvalue weighted by Crippen LogP contribution is 2.41. The number of hydrogen-bond donors (Lipinski definition) is 1. The second-order valence-corrected chi connectivity index (χ2v) is 14.3. The predicted molar refractivity (Wildman–Crippen MR) is 184 cm³/mol. The van der Waals surface area contributed by atoms with E-state index in [0.29, 0.717) is 29.7 Å². The molecular formula is C38H41N7O3. The average molecular weight is 644 g/mol. The number of likely N-dealkylation sites (tertiary alicyclic amines) is 1. The maximum Gasteiger partial charge on any atom is 0.254 e. The minimum Gasteiger partial charge on any atom is -0.494 e. The number of carbonyl (C=O) groups is 2. The van der Waals surface area contributed by atoms with E-state index in [-0.39, 0.29) is 23.9 Å². The van der Waals surface area contributed by atoms with Crippen molar-refractivity contribution in [3.05, 3.63) is 65.2 Å². The third kappa shape index (κ3) is 4.56. The van der Waals surface area contributed by atoms with E-state index in [4.69, 9.17) is 20.4 Å². The number of piperidine rings is 1. The summed E-state index contributed by atoms with van der Waals surface area (Å²) in [5.74, 6) is 2.56. The van der Waals surface area contributed by atoms with Crippen molar-refractivity contribution in [3.8, 4) is 28.5 Å². The van der Waals surface area contributed by atoms with Gasteiger partial charge in [-0.15, -0.1) is 0 Å². The highest BCUT2D eigenvalue weighted by atomic mass is 16.5. The van der Waals surface area contributed by atoms with Crippen LogP contribution in [0.3, 0.4) is 0 Å². The molecule has 3 atom stereocenters. The van der Waals surface area contributed by atoms with Gasteiger partial charge in [-0.3, -0.25) is 9.59 Å². The second-order valence-electron chi connectivity index (χ2n) is 14.3. The van der Waals surface area contributed by atoms with E-state index < -0.39 is 0 Å². The number of hydrogen-bond acceptors (Lipinski definition) is 6. The number of methoxy groups -OCH3 is 1. The van der Waals surface area contributed by atoms with Gasteiger partial charge in [0.15, 0.2) is 5.82 Å². The van der Waals surface area contributed by atoms with E-state index in [9.17, 15) is 9.59 Å². The van der Waals surface area contributed by atoms with Crippen LogP contribution in [-0.2, 0) is 31.4 Å². The van der Waals surface area contributed by atoms with Crippen molar-refractivity contribution < 1.29 is 14.3 Å². The number of rotatable bonds is 6. The minimum absolute atomic E-state index is 0.00160. The summed E-state index contributed by atoms with van der Waals surface area (Å²) >= 11 is 0. The molecule has 2 aliphatic heterocycles. The summed E-state index contributed by atoms with van der Waals surface area (Å²) < 4.78 is 10.3. The van der Waals surface area contributed by atoms with Crippen molar-refractivity contribution in [2.75, 3.05) is 20.2 Å². The molecule has 246 valence electrons. The molecule has 2 N–H and O–H groups in total. The van der Waals surface area contributed by atoms with Gasteiger partial charge in [0.25, 0.3) is 5.91 Å². The first-order valence-corrected chi connectivity index (χ1v) is 17.3. The highest BCUT2D eigenvalue weighted by Gasteiger charge is 2.47. The lowest BCUT2D eigenvalue weighted by molar-refractivity contribution is -0.129. The van der Waals surface area contributed by atoms with Crippen LogP contribution < -0.4 is 10.5 Å². The molecule has 2 amide bonds. The molecular weight excluding hydrogens is 602 g/mol. The van der Waals surface area contributed by atoms with Crippen LogP contribution in [-0.4, -0.2) is 73.0 Å². The van der Waals surface area contributed by atoms with E-state index in [1.165, 1.54) is 24.0 Å². The molecule has 2 bridgehead atoms. The van der Waals surface area contributed by atoms with Crippen molar-refractivity contribution in [1.29, 1.82) is 0 Å². The van der Waals surface area contributed by atoms with Crippen molar-refractivity contribution in [2.45, 2.75) is 64.2 Å². The number of fused-ring (bicyclic) bond motifs is 5. The van der Waals surface area contributed by atoms with Crippen LogP contribution in [0.5, 0.6) is 5.75 Å². The van der Waals surface area contributed by atoms with E-state index >= 15 is 0 Å².